The molecule has 0 spiro atoms. The maximum atomic E-state index is 13.3. The molecule has 0 bridgehead atoms. The Kier molecular flexibility index (Phi) is 6.02. The van der Waals surface area contributed by atoms with Crippen molar-refractivity contribution in [2.45, 2.75) is 13.8 Å². The van der Waals surface area contributed by atoms with E-state index in [4.69, 9.17) is 14.2 Å². The Labute approximate surface area is 170 Å². The van der Waals surface area contributed by atoms with Gasteiger partial charge in [-0.15, -0.1) is 0 Å². The minimum absolute atomic E-state index is 0.221. The van der Waals surface area contributed by atoms with Gasteiger partial charge in [0.1, 0.15) is 11.5 Å². The van der Waals surface area contributed by atoms with E-state index in [1.165, 1.54) is 4.90 Å². The molecule has 0 radical (unpaired) electrons. The summed E-state index contributed by atoms with van der Waals surface area (Å²) < 4.78 is 15.7. The molecule has 150 valence electrons. The molecule has 2 aromatic rings. The van der Waals surface area contributed by atoms with Crippen molar-refractivity contribution in [2.24, 2.45) is 0 Å². The van der Waals surface area contributed by atoms with E-state index < -0.39 is 5.97 Å². The van der Waals surface area contributed by atoms with Gasteiger partial charge in [-0.1, -0.05) is 12.1 Å². The van der Waals surface area contributed by atoms with Crippen LogP contribution in [0.25, 0.3) is 6.08 Å². The Morgan fingerprint density at radius 2 is 1.72 bits per heavy atom. The summed E-state index contributed by atoms with van der Waals surface area (Å²) in [4.78, 5) is 27.5. The summed E-state index contributed by atoms with van der Waals surface area (Å²) in [6.45, 7) is 3.69. The first-order valence-electron chi connectivity index (χ1n) is 9.22. The maximum absolute atomic E-state index is 13.3. The molecule has 0 aliphatic carbocycles. The highest BCUT2D eigenvalue weighted by Gasteiger charge is 2.38. The van der Waals surface area contributed by atoms with Gasteiger partial charge in [-0.05, 0) is 61.9 Å². The van der Waals surface area contributed by atoms with Crippen LogP contribution in [-0.2, 0) is 14.3 Å². The second kappa shape index (κ2) is 8.65. The Morgan fingerprint density at radius 3 is 2.34 bits per heavy atom. The van der Waals surface area contributed by atoms with Gasteiger partial charge in [-0.2, -0.15) is 0 Å². The van der Waals surface area contributed by atoms with Crippen LogP contribution in [0, 0.1) is 0 Å². The van der Waals surface area contributed by atoms with Gasteiger partial charge in [0.2, 0.25) is 0 Å². The number of hydrogen-bond donors (Lipinski definition) is 0. The zero-order valence-electron chi connectivity index (χ0n) is 16.9. The summed E-state index contributed by atoms with van der Waals surface area (Å²) >= 11 is 0. The highest BCUT2D eigenvalue weighted by atomic mass is 16.5. The third kappa shape index (κ3) is 4.01. The van der Waals surface area contributed by atoms with Crippen LogP contribution in [0.2, 0.25) is 0 Å². The first-order valence-corrected chi connectivity index (χ1v) is 9.22. The minimum atomic E-state index is -0.525. The Morgan fingerprint density at radius 1 is 1.03 bits per heavy atom. The van der Waals surface area contributed by atoms with E-state index in [0.29, 0.717) is 22.9 Å². The van der Waals surface area contributed by atoms with Gasteiger partial charge >= 0.3 is 5.97 Å². The fourth-order valence-corrected chi connectivity index (χ4v) is 3.22. The molecular formula is C23H23NO5. The molecule has 1 aliphatic heterocycles. The van der Waals surface area contributed by atoms with Crippen molar-refractivity contribution in [3.8, 4) is 11.5 Å². The van der Waals surface area contributed by atoms with E-state index in [-0.39, 0.29) is 23.7 Å². The van der Waals surface area contributed by atoms with E-state index in [9.17, 15) is 9.59 Å². The fourth-order valence-electron chi connectivity index (χ4n) is 3.22. The predicted octanol–water partition coefficient (Wildman–Crippen LogP) is 3.97. The number of ether oxygens (including phenoxy) is 3. The zero-order valence-corrected chi connectivity index (χ0v) is 16.9. The van der Waals surface area contributed by atoms with E-state index in [1.807, 2.05) is 18.2 Å². The number of nitrogens with zero attached hydrogens (tertiary/aromatic N) is 1. The van der Waals surface area contributed by atoms with Crippen LogP contribution < -0.4 is 14.4 Å². The average molecular weight is 393 g/mol. The number of methoxy groups -OCH3 is 2. The molecule has 0 fully saturated rings. The lowest BCUT2D eigenvalue weighted by Gasteiger charge is -2.18. The molecule has 1 heterocycles. The molecular weight excluding hydrogens is 370 g/mol. The van der Waals surface area contributed by atoms with Crippen molar-refractivity contribution < 1.29 is 23.8 Å². The van der Waals surface area contributed by atoms with E-state index in [1.54, 1.807) is 64.5 Å². The van der Waals surface area contributed by atoms with Gasteiger partial charge in [-0.3, -0.25) is 9.69 Å². The normalized spacial score (nSPS) is 15.1. The molecule has 0 aromatic heterocycles. The maximum Gasteiger partial charge on any atom is 0.340 e. The van der Waals surface area contributed by atoms with Crippen LogP contribution >= 0.6 is 0 Å². The quantitative estimate of drug-likeness (QED) is 0.549. The SMILES string of the molecule is CCOC(=O)C1=C(C)N(c2ccc(OC)cc2)C(=O)/C1=C/c1cccc(OC)c1. The molecule has 29 heavy (non-hydrogen) atoms. The second-order valence-corrected chi connectivity index (χ2v) is 6.35. The second-order valence-electron chi connectivity index (χ2n) is 6.35. The van der Waals surface area contributed by atoms with Crippen molar-refractivity contribution >= 4 is 23.6 Å². The molecule has 2 aromatic carbocycles. The Balaban J connectivity index is 2.10. The smallest absolute Gasteiger partial charge is 0.340 e. The third-order valence-corrected chi connectivity index (χ3v) is 4.62. The van der Waals surface area contributed by atoms with Gasteiger partial charge in [0.25, 0.3) is 5.91 Å². The van der Waals surface area contributed by atoms with E-state index in [2.05, 4.69) is 0 Å². The van der Waals surface area contributed by atoms with Crippen LogP contribution in [0.1, 0.15) is 19.4 Å². The van der Waals surface area contributed by atoms with Crippen molar-refractivity contribution in [2.75, 3.05) is 25.7 Å². The number of rotatable bonds is 6. The third-order valence-electron chi connectivity index (χ3n) is 4.62. The van der Waals surface area contributed by atoms with Crippen molar-refractivity contribution in [3.63, 3.8) is 0 Å². The molecule has 0 N–H and O–H groups in total. The molecule has 0 atom stereocenters. The minimum Gasteiger partial charge on any atom is -0.497 e. The standard InChI is InChI=1S/C23H23NO5/c1-5-29-23(26)21-15(2)24(17-9-11-18(27-3)12-10-17)22(25)20(21)14-16-7-6-8-19(13-16)28-4/h6-14H,5H2,1-4H3/b20-14+. The molecule has 6 nitrogen and oxygen atoms in total. The van der Waals surface area contributed by atoms with Crippen LogP contribution in [0.4, 0.5) is 5.69 Å². The van der Waals surface area contributed by atoms with E-state index >= 15 is 0 Å². The average Bonchev–Trinajstić information content (AvgIpc) is 2.98. The van der Waals surface area contributed by atoms with Crippen molar-refractivity contribution in [1.29, 1.82) is 0 Å². The highest BCUT2D eigenvalue weighted by Crippen LogP contribution is 2.36. The van der Waals surface area contributed by atoms with Crippen molar-refractivity contribution in [1.82, 2.24) is 0 Å². The van der Waals surface area contributed by atoms with Gasteiger partial charge < -0.3 is 14.2 Å². The van der Waals surface area contributed by atoms with Gasteiger partial charge in [0.05, 0.1) is 32.0 Å². The lowest BCUT2D eigenvalue weighted by atomic mass is 10.0. The summed E-state index contributed by atoms with van der Waals surface area (Å²) in [5, 5.41) is 0. The zero-order chi connectivity index (χ0) is 21.0. The van der Waals surface area contributed by atoms with Gasteiger partial charge in [0.15, 0.2) is 0 Å². The number of allylic oxidation sites excluding steroid dienone is 1. The number of esters is 1. The summed E-state index contributed by atoms with van der Waals surface area (Å²) in [7, 11) is 3.15. The Bertz CT molecular complexity index is 989. The molecule has 6 heteroatoms. The molecule has 0 unspecified atom stereocenters. The first-order chi connectivity index (χ1) is 14.0. The van der Waals surface area contributed by atoms with Crippen LogP contribution in [-0.4, -0.2) is 32.7 Å². The summed E-state index contributed by atoms with van der Waals surface area (Å²) in [5.74, 6) is 0.525. The monoisotopic (exact) mass is 393 g/mol. The van der Waals surface area contributed by atoms with E-state index in [0.717, 1.165) is 5.56 Å². The lowest BCUT2D eigenvalue weighted by Crippen LogP contribution is -2.24. The first kappa shape index (κ1) is 20.2. The number of amides is 1. The van der Waals surface area contributed by atoms with Gasteiger partial charge in [0, 0.05) is 11.4 Å². The summed E-state index contributed by atoms with van der Waals surface area (Å²) in [5.41, 5.74) is 2.45. The summed E-state index contributed by atoms with van der Waals surface area (Å²) in [6.07, 6.45) is 1.68. The molecule has 1 aliphatic rings. The number of anilines is 1. The van der Waals surface area contributed by atoms with Crippen LogP contribution in [0.15, 0.2) is 65.4 Å². The highest BCUT2D eigenvalue weighted by molar-refractivity contribution is 6.23. The molecule has 0 saturated heterocycles. The predicted molar refractivity (Wildman–Crippen MR) is 111 cm³/mol. The number of hydrogen-bond acceptors (Lipinski definition) is 5. The van der Waals surface area contributed by atoms with Crippen LogP contribution in [0.3, 0.4) is 0 Å². The largest absolute Gasteiger partial charge is 0.497 e. The van der Waals surface area contributed by atoms with Crippen LogP contribution in [0.5, 0.6) is 11.5 Å². The number of benzene rings is 2. The topological polar surface area (TPSA) is 65.1 Å². The molecule has 0 saturated carbocycles. The Hall–Kier alpha value is -3.54. The molecule has 3 rings (SSSR count). The lowest BCUT2D eigenvalue weighted by molar-refractivity contribution is -0.138. The van der Waals surface area contributed by atoms with Gasteiger partial charge in [-0.25, -0.2) is 4.79 Å². The number of carbonyl (C=O) groups is 2. The van der Waals surface area contributed by atoms with Crippen molar-refractivity contribution in [3.05, 3.63) is 70.9 Å². The molecule has 1 amide bonds. The number of carbonyl (C=O) groups excluding carboxylic acids is 2. The fraction of sp³-hybridized carbons (Fsp3) is 0.217. The summed E-state index contributed by atoms with van der Waals surface area (Å²) in [6, 6.07) is 14.4.